The van der Waals surface area contributed by atoms with Crippen molar-refractivity contribution in [1.82, 2.24) is 0 Å². The SMILES string of the molecule is CCCCCCCCc1ccc(N(c2ccc(-c3ccc4ccc(C)c(-c5c(C)ccc6ccc(-c7ccc(N(c8ccc(C(C)CCCCCC)cc8)c8cccc(Br)c8)cc7)cc56)c4c3)cc2)c2cccc(Br)c2)cc1. The summed E-state index contributed by atoms with van der Waals surface area (Å²) in [5.41, 5.74) is 19.5. The molecule has 2 nitrogen and oxygen atoms in total. The minimum Gasteiger partial charge on any atom is -0.310 e. The van der Waals surface area contributed by atoms with Gasteiger partial charge in [0.2, 0.25) is 0 Å². The average Bonchev–Trinajstić information content (AvgIpc) is 3.62. The molecule has 0 aliphatic carbocycles. The fraction of sp³-hybridized carbons (Fsp3) is 0.243. The second kappa shape index (κ2) is 25.8. The molecule has 10 rings (SSSR count). The molecule has 0 N–H and O–H groups in total. The normalized spacial score (nSPS) is 11.8. The van der Waals surface area contributed by atoms with Crippen LogP contribution < -0.4 is 9.80 Å². The first kappa shape index (κ1) is 54.6. The van der Waals surface area contributed by atoms with E-state index in [4.69, 9.17) is 0 Å². The molecular weight excluding hydrogens is 1080 g/mol. The van der Waals surface area contributed by atoms with Gasteiger partial charge in [-0.2, -0.15) is 0 Å². The zero-order valence-corrected chi connectivity index (χ0v) is 49.5. The first-order chi connectivity index (χ1) is 38.1. The highest BCUT2D eigenvalue weighted by Gasteiger charge is 2.19. The lowest BCUT2D eigenvalue weighted by atomic mass is 9.86. The van der Waals surface area contributed by atoms with Crippen LogP contribution in [0.1, 0.15) is 120 Å². The standard InChI is InChI=1S/C74H74Br2N2/c1-6-8-10-12-13-15-19-55-26-40-65(41-27-55)77(69-22-16-20-63(75)50-69)67-44-36-57(37-45-67)61-32-30-59-28-24-53(4)73(71(59)48-61)74-54(5)25-29-60-31-33-62(49-72(60)74)58-38-46-68(47-39-58)78(70-23-17-21-64(76)51-70)66-42-34-56(35-43-66)52(3)18-14-11-9-7-2/h16-17,20-52H,6-15,18-19H2,1-5H3. The van der Waals surface area contributed by atoms with E-state index in [0.717, 1.165) is 49.5 Å². The molecule has 0 heterocycles. The third-order valence-electron chi connectivity index (χ3n) is 16.0. The zero-order chi connectivity index (χ0) is 54.0. The number of hydrogen-bond acceptors (Lipinski definition) is 2. The number of unbranched alkanes of at least 4 members (excludes halogenated alkanes) is 8. The third-order valence-corrected chi connectivity index (χ3v) is 17.0. The number of rotatable bonds is 22. The van der Waals surface area contributed by atoms with Crippen LogP contribution in [0.4, 0.5) is 34.1 Å². The topological polar surface area (TPSA) is 6.48 Å². The van der Waals surface area contributed by atoms with Gasteiger partial charge in [0, 0.05) is 43.1 Å². The maximum atomic E-state index is 3.77. The Kier molecular flexibility index (Phi) is 18.1. The number of benzene rings is 10. The van der Waals surface area contributed by atoms with Crippen molar-refractivity contribution in [2.45, 2.75) is 118 Å². The summed E-state index contributed by atoms with van der Waals surface area (Å²) in [5.74, 6) is 0.543. The van der Waals surface area contributed by atoms with Crippen molar-refractivity contribution in [1.29, 1.82) is 0 Å². The summed E-state index contributed by atoms with van der Waals surface area (Å²) in [5, 5.41) is 5.00. The maximum Gasteiger partial charge on any atom is 0.0472 e. The van der Waals surface area contributed by atoms with Gasteiger partial charge in [0.1, 0.15) is 0 Å². The molecule has 0 saturated carbocycles. The second-order valence-electron chi connectivity index (χ2n) is 21.6. The molecule has 10 aromatic rings. The lowest BCUT2D eigenvalue weighted by molar-refractivity contribution is 0.580. The van der Waals surface area contributed by atoms with Crippen LogP contribution in [0.3, 0.4) is 0 Å². The first-order valence-corrected chi connectivity index (χ1v) is 30.3. The minimum atomic E-state index is 0.543. The highest BCUT2D eigenvalue weighted by molar-refractivity contribution is 9.10. The van der Waals surface area contributed by atoms with Crippen molar-refractivity contribution in [2.75, 3.05) is 9.80 Å². The monoisotopic (exact) mass is 1150 g/mol. The van der Waals surface area contributed by atoms with E-state index in [1.54, 1.807) is 0 Å². The Labute approximate surface area is 482 Å². The number of aryl methyl sites for hydroxylation is 3. The summed E-state index contributed by atoms with van der Waals surface area (Å²) in [6, 6.07) is 77.1. The predicted octanol–water partition coefficient (Wildman–Crippen LogP) is 24.1. The Morgan fingerprint density at radius 3 is 1.23 bits per heavy atom. The molecule has 10 aromatic carbocycles. The van der Waals surface area contributed by atoms with Gasteiger partial charge < -0.3 is 9.80 Å². The molecule has 1 unspecified atom stereocenters. The largest absolute Gasteiger partial charge is 0.310 e. The number of anilines is 6. The van der Waals surface area contributed by atoms with Gasteiger partial charge >= 0.3 is 0 Å². The Morgan fingerprint density at radius 1 is 0.372 bits per heavy atom. The van der Waals surface area contributed by atoms with Crippen LogP contribution in [-0.4, -0.2) is 0 Å². The molecule has 394 valence electrons. The molecule has 0 bridgehead atoms. The van der Waals surface area contributed by atoms with Gasteiger partial charge in [-0.1, -0.05) is 220 Å². The number of fused-ring (bicyclic) bond motifs is 2. The van der Waals surface area contributed by atoms with Crippen LogP contribution in [0.15, 0.2) is 215 Å². The van der Waals surface area contributed by atoms with Crippen LogP contribution >= 0.6 is 31.9 Å². The zero-order valence-electron chi connectivity index (χ0n) is 46.3. The number of hydrogen-bond donors (Lipinski definition) is 0. The molecule has 78 heavy (non-hydrogen) atoms. The molecule has 0 saturated heterocycles. The first-order valence-electron chi connectivity index (χ1n) is 28.7. The van der Waals surface area contributed by atoms with E-state index in [1.807, 2.05) is 0 Å². The van der Waals surface area contributed by atoms with Crippen LogP contribution in [0.25, 0.3) is 54.9 Å². The molecule has 0 fully saturated rings. The molecule has 0 amide bonds. The highest BCUT2D eigenvalue weighted by atomic mass is 79.9. The summed E-state index contributed by atoms with van der Waals surface area (Å²) in [7, 11) is 0. The van der Waals surface area contributed by atoms with Gasteiger partial charge in [-0.3, -0.25) is 0 Å². The van der Waals surface area contributed by atoms with Crippen LogP contribution in [0.5, 0.6) is 0 Å². The number of nitrogens with zero attached hydrogens (tertiary/aromatic N) is 2. The fourth-order valence-electron chi connectivity index (χ4n) is 11.5. The van der Waals surface area contributed by atoms with E-state index < -0.39 is 0 Å². The van der Waals surface area contributed by atoms with Gasteiger partial charge in [-0.15, -0.1) is 0 Å². The van der Waals surface area contributed by atoms with Gasteiger partial charge in [0.25, 0.3) is 0 Å². The predicted molar refractivity (Wildman–Crippen MR) is 346 cm³/mol. The van der Waals surface area contributed by atoms with E-state index >= 15 is 0 Å². The molecule has 0 spiro atoms. The van der Waals surface area contributed by atoms with Crippen LogP contribution in [0, 0.1) is 13.8 Å². The Morgan fingerprint density at radius 2 is 0.769 bits per heavy atom. The molecule has 0 aromatic heterocycles. The molecule has 1 atom stereocenters. The Bertz CT molecular complexity index is 3600. The van der Waals surface area contributed by atoms with E-state index in [2.05, 4.69) is 283 Å². The summed E-state index contributed by atoms with van der Waals surface area (Å²) >= 11 is 7.53. The lowest BCUT2D eigenvalue weighted by Gasteiger charge is -2.26. The number of halogens is 2. The molecule has 0 radical (unpaired) electrons. The van der Waals surface area contributed by atoms with Crippen LogP contribution in [-0.2, 0) is 6.42 Å². The minimum absolute atomic E-state index is 0.543. The van der Waals surface area contributed by atoms with Crippen molar-refractivity contribution in [3.63, 3.8) is 0 Å². The Hall–Kier alpha value is -6.72. The Balaban J connectivity index is 0.949. The van der Waals surface area contributed by atoms with Crippen molar-refractivity contribution in [3.8, 4) is 33.4 Å². The maximum absolute atomic E-state index is 3.77. The van der Waals surface area contributed by atoms with E-state index in [1.165, 1.54) is 148 Å². The van der Waals surface area contributed by atoms with Crippen molar-refractivity contribution < 1.29 is 0 Å². The summed E-state index contributed by atoms with van der Waals surface area (Å²) in [6.07, 6.45) is 15.4. The van der Waals surface area contributed by atoms with Gasteiger partial charge in [0.15, 0.2) is 0 Å². The smallest absolute Gasteiger partial charge is 0.0472 e. The van der Waals surface area contributed by atoms with Gasteiger partial charge in [-0.05, 0) is 213 Å². The molecular formula is C74H74Br2N2. The van der Waals surface area contributed by atoms with E-state index in [9.17, 15) is 0 Å². The quantitative estimate of drug-likeness (QED) is 0.0624. The van der Waals surface area contributed by atoms with Crippen molar-refractivity contribution >= 4 is 87.5 Å². The molecule has 0 aliphatic rings. The van der Waals surface area contributed by atoms with Gasteiger partial charge in [-0.25, -0.2) is 0 Å². The van der Waals surface area contributed by atoms with Crippen molar-refractivity contribution in [2.24, 2.45) is 0 Å². The second-order valence-corrected chi connectivity index (χ2v) is 23.5. The molecule has 0 aliphatic heterocycles. The lowest BCUT2D eigenvalue weighted by Crippen LogP contribution is -2.10. The van der Waals surface area contributed by atoms with Crippen molar-refractivity contribution in [3.05, 3.63) is 237 Å². The van der Waals surface area contributed by atoms with Crippen LogP contribution in [0.2, 0.25) is 0 Å². The summed E-state index contributed by atoms with van der Waals surface area (Å²) < 4.78 is 2.12. The summed E-state index contributed by atoms with van der Waals surface area (Å²) in [6.45, 7) is 11.5. The third kappa shape index (κ3) is 12.7. The average molecular weight is 1150 g/mol. The summed E-state index contributed by atoms with van der Waals surface area (Å²) in [4.78, 5) is 4.74. The van der Waals surface area contributed by atoms with E-state index in [-0.39, 0.29) is 0 Å². The fourth-order valence-corrected chi connectivity index (χ4v) is 12.3. The van der Waals surface area contributed by atoms with E-state index in [0.29, 0.717) is 5.92 Å². The molecule has 4 heteroatoms. The highest BCUT2D eigenvalue weighted by Crippen LogP contribution is 2.44. The van der Waals surface area contributed by atoms with Gasteiger partial charge in [0.05, 0.1) is 0 Å².